The van der Waals surface area contributed by atoms with Gasteiger partial charge in [0.2, 0.25) is 0 Å². The first-order valence-electron chi connectivity index (χ1n) is 8.48. The maximum atomic E-state index is 12.8. The minimum atomic E-state index is -1.24. The summed E-state index contributed by atoms with van der Waals surface area (Å²) in [6.07, 6.45) is 1.47. The maximum Gasteiger partial charge on any atom is 0.353 e. The molecule has 0 bridgehead atoms. The van der Waals surface area contributed by atoms with E-state index in [4.69, 9.17) is 15.7 Å². The Labute approximate surface area is 196 Å². The molecular weight excluding hydrogens is 534 g/mol. The highest BCUT2D eigenvalue weighted by Gasteiger charge is 2.54. The van der Waals surface area contributed by atoms with Gasteiger partial charge in [0.25, 0.3) is 11.8 Å². The monoisotopic (exact) mass is 549 g/mol. The predicted octanol–water partition coefficient (Wildman–Crippen LogP) is 0.774. The Kier molecular flexibility index (Phi) is 7.64. The van der Waals surface area contributed by atoms with Crippen molar-refractivity contribution in [2.24, 2.45) is 5.16 Å². The number of aliphatic carboxylic acids is 1. The summed E-state index contributed by atoms with van der Waals surface area (Å²) in [4.78, 5) is 47.7. The number of carboxylic acid groups (broad SMARTS) is 1. The number of nitrogens with two attached hydrogens (primary N) is 1. The molecule has 0 radical (unpaired) electrons. The predicted molar refractivity (Wildman–Crippen MR) is 121 cm³/mol. The number of thioether (sulfide) groups is 2. The maximum absolute atomic E-state index is 12.8. The number of nitrogens with one attached hydrogen (secondary N) is 1. The zero-order chi connectivity index (χ0) is 22.7. The van der Waals surface area contributed by atoms with Crippen molar-refractivity contribution in [3.63, 3.8) is 0 Å². The number of hydrogen-bond acceptors (Lipinski definition) is 11. The molecule has 5 N–H and O–H groups in total. The largest absolute Gasteiger partial charge is 0.477 e. The number of carbonyl (C=O) groups excluding carboxylic acids is 2. The molecule has 15 heteroatoms. The first-order valence-corrected chi connectivity index (χ1v) is 12.0. The number of aliphatic hydroxyl groups is 1. The van der Waals surface area contributed by atoms with Crippen LogP contribution >= 0.6 is 50.8 Å². The fourth-order valence-corrected chi connectivity index (χ4v) is 6.46. The number of anilines is 1. The highest BCUT2D eigenvalue weighted by atomic mass is 79.9. The summed E-state index contributed by atoms with van der Waals surface area (Å²) in [5.41, 5.74) is 5.53. The topological polar surface area (TPSA) is 167 Å². The van der Waals surface area contributed by atoms with Crippen molar-refractivity contribution in [3.8, 4) is 0 Å². The number of carboxylic acids is 1. The summed E-state index contributed by atoms with van der Waals surface area (Å²) in [5.74, 6) is -2.18. The van der Waals surface area contributed by atoms with E-state index in [1.54, 1.807) is 5.41 Å². The number of β-lactam (4-membered cyclic amide) rings is 1. The number of rotatable bonds is 8. The normalized spacial score (nSPS) is 21.2. The second-order valence-electron chi connectivity index (χ2n) is 5.91. The number of nitrogens with zero attached hydrogens (tertiary/aromatic N) is 3. The molecule has 0 aromatic carbocycles. The van der Waals surface area contributed by atoms with Crippen LogP contribution in [0.3, 0.4) is 0 Å². The van der Waals surface area contributed by atoms with Gasteiger partial charge in [0.05, 0.1) is 6.61 Å². The van der Waals surface area contributed by atoms with Crippen molar-refractivity contribution < 1.29 is 29.4 Å². The van der Waals surface area contributed by atoms with E-state index >= 15 is 0 Å². The summed E-state index contributed by atoms with van der Waals surface area (Å²) in [7, 11) is 1.26. The Balaban J connectivity index is 1.79. The van der Waals surface area contributed by atoms with Gasteiger partial charge in [-0.25, -0.2) is 9.78 Å². The minimum Gasteiger partial charge on any atom is -0.477 e. The van der Waals surface area contributed by atoms with Crippen LogP contribution in [-0.2, 0) is 19.2 Å². The molecule has 31 heavy (non-hydrogen) atoms. The second kappa shape index (κ2) is 10.0. The lowest BCUT2D eigenvalue weighted by Gasteiger charge is -2.49. The van der Waals surface area contributed by atoms with Gasteiger partial charge in [0.1, 0.15) is 33.7 Å². The van der Waals surface area contributed by atoms with E-state index in [0.717, 1.165) is 28.0 Å². The van der Waals surface area contributed by atoms with Gasteiger partial charge < -0.3 is 26.1 Å². The van der Waals surface area contributed by atoms with Crippen molar-refractivity contribution in [2.45, 2.75) is 11.4 Å². The minimum absolute atomic E-state index is 0.132. The highest BCUT2D eigenvalue weighted by molar-refractivity contribution is 9.11. The Morgan fingerprint density at radius 3 is 2.87 bits per heavy atom. The van der Waals surface area contributed by atoms with E-state index in [9.17, 15) is 19.5 Å². The van der Waals surface area contributed by atoms with E-state index in [2.05, 4.69) is 31.4 Å². The lowest BCUT2D eigenvalue weighted by molar-refractivity contribution is -0.150. The fraction of sp³-hybridized carbons (Fsp3) is 0.312. The summed E-state index contributed by atoms with van der Waals surface area (Å²) >= 11 is 6.81. The Bertz CT molecular complexity index is 1010. The summed E-state index contributed by atoms with van der Waals surface area (Å²) in [6, 6.07) is -0.941. The number of oxime groups is 1. The third kappa shape index (κ3) is 4.74. The zero-order valence-electron chi connectivity index (χ0n) is 15.8. The van der Waals surface area contributed by atoms with Gasteiger partial charge >= 0.3 is 5.97 Å². The molecule has 1 aromatic heterocycles. The van der Waals surface area contributed by atoms with Gasteiger partial charge in [-0.2, -0.15) is 0 Å². The Hall–Kier alpha value is -2.07. The summed E-state index contributed by atoms with van der Waals surface area (Å²) < 4.78 is 0.471. The number of fused-ring (bicyclic) bond motifs is 1. The number of thiazole rings is 1. The number of amides is 2. The van der Waals surface area contributed by atoms with E-state index in [-0.39, 0.29) is 28.8 Å². The van der Waals surface area contributed by atoms with Gasteiger partial charge in [0, 0.05) is 10.7 Å². The first-order chi connectivity index (χ1) is 14.8. The van der Waals surface area contributed by atoms with Crippen molar-refractivity contribution in [1.29, 1.82) is 0 Å². The van der Waals surface area contributed by atoms with Crippen molar-refractivity contribution in [2.75, 3.05) is 25.2 Å². The van der Waals surface area contributed by atoms with Crippen LogP contribution in [0.4, 0.5) is 5.13 Å². The van der Waals surface area contributed by atoms with Gasteiger partial charge in [-0.05, 0) is 21.3 Å². The quantitative estimate of drug-likeness (QED) is 0.206. The van der Waals surface area contributed by atoms with Crippen LogP contribution in [0.2, 0.25) is 0 Å². The fourth-order valence-electron chi connectivity index (χ4n) is 2.81. The summed E-state index contributed by atoms with van der Waals surface area (Å²) in [6.45, 7) is -0.179. The molecule has 11 nitrogen and oxygen atoms in total. The third-order valence-corrected chi connectivity index (χ3v) is 8.01. The van der Waals surface area contributed by atoms with Crippen LogP contribution < -0.4 is 11.1 Å². The van der Waals surface area contributed by atoms with Gasteiger partial charge in [-0.1, -0.05) is 34.3 Å². The average molecular weight is 550 g/mol. The van der Waals surface area contributed by atoms with Crippen LogP contribution in [-0.4, -0.2) is 74.5 Å². The number of nitrogen functional groups attached to an aromatic ring is 1. The molecule has 1 aromatic rings. The molecule has 1 fully saturated rings. The lowest BCUT2D eigenvalue weighted by atomic mass is 10.0. The number of aliphatic hydroxyl groups excluding tert-OH is 1. The smallest absolute Gasteiger partial charge is 0.353 e. The molecule has 1 unspecified atom stereocenters. The van der Waals surface area contributed by atoms with Crippen molar-refractivity contribution in [3.05, 3.63) is 31.6 Å². The van der Waals surface area contributed by atoms with Crippen molar-refractivity contribution >= 4 is 79.4 Å². The van der Waals surface area contributed by atoms with E-state index in [1.165, 1.54) is 24.9 Å². The third-order valence-electron chi connectivity index (χ3n) is 4.06. The Morgan fingerprint density at radius 2 is 2.29 bits per heavy atom. The molecule has 0 saturated carbocycles. The van der Waals surface area contributed by atoms with Crippen LogP contribution in [0, 0.1) is 0 Å². The zero-order valence-corrected chi connectivity index (χ0v) is 19.8. The van der Waals surface area contributed by atoms with Crippen LogP contribution in [0.15, 0.2) is 31.0 Å². The number of hydrogen-bond donors (Lipinski definition) is 4. The van der Waals surface area contributed by atoms with E-state index in [0.29, 0.717) is 14.4 Å². The molecule has 2 atom stereocenters. The van der Waals surface area contributed by atoms with Crippen LogP contribution in [0.1, 0.15) is 5.69 Å². The molecule has 2 amide bonds. The molecule has 3 heterocycles. The number of aromatic nitrogens is 1. The molecule has 2 aliphatic rings. The van der Waals surface area contributed by atoms with Crippen LogP contribution in [0.5, 0.6) is 0 Å². The van der Waals surface area contributed by atoms with Crippen LogP contribution in [0.25, 0.3) is 0 Å². The number of halogens is 1. The van der Waals surface area contributed by atoms with Crippen molar-refractivity contribution in [1.82, 2.24) is 15.2 Å². The van der Waals surface area contributed by atoms with Gasteiger partial charge in [0.15, 0.2) is 10.8 Å². The average Bonchev–Trinajstić information content (AvgIpc) is 3.06. The molecule has 0 aliphatic carbocycles. The second-order valence-corrected chi connectivity index (χ2v) is 10.4. The Morgan fingerprint density at radius 1 is 1.55 bits per heavy atom. The molecule has 0 spiro atoms. The molecular formula is C16H16BrN5O6S3. The standard InChI is InChI=1S/C16H16BrN5O6S3/c1-28-21-8(7-11(17)31-16(18)20-7)12(24)19-9-13(25)22-10(15(26)27)6(5-30-14(9)22)29-4-2-3-23/h2,4,9,14,23H,3,5H2,1H3,(H2,18,20)(H,19,24)(H,26,27)/b4-2-,21-8-/t9?,14-/m1/s1. The molecule has 1 saturated heterocycles. The van der Waals surface area contributed by atoms with Gasteiger partial charge in [-0.3, -0.25) is 14.5 Å². The molecule has 3 rings (SSSR count). The molecule has 2 aliphatic heterocycles. The van der Waals surface area contributed by atoms with E-state index < -0.39 is 29.2 Å². The lowest BCUT2D eigenvalue weighted by Crippen LogP contribution is -2.71. The summed E-state index contributed by atoms with van der Waals surface area (Å²) in [5, 5.41) is 25.9. The van der Waals surface area contributed by atoms with E-state index in [1.807, 2.05) is 0 Å². The highest BCUT2D eigenvalue weighted by Crippen LogP contribution is 2.43. The SMILES string of the molecule is CO/N=C(\C(=O)NC1C(=O)N2C(C(=O)O)=C(S/C=C\CO)CS[C@H]12)c1nc(N)sc1Br. The molecule has 166 valence electrons. The first kappa shape index (κ1) is 23.6. The number of carbonyl (C=O) groups is 3. The van der Waals surface area contributed by atoms with Gasteiger partial charge in [-0.15, -0.1) is 11.8 Å².